The second-order valence-corrected chi connectivity index (χ2v) is 21.9. The largest absolute Gasteiger partial charge is 0.388 e. The monoisotopic (exact) mass is 1110 g/mol. The van der Waals surface area contributed by atoms with Crippen molar-refractivity contribution >= 4 is 79.0 Å². The summed E-state index contributed by atoms with van der Waals surface area (Å²) in [5.41, 5.74) is 8.83. The highest BCUT2D eigenvalue weighted by Gasteiger charge is 2.37. The first-order valence-corrected chi connectivity index (χ1v) is 28.5. The quantitative estimate of drug-likeness (QED) is 0.0371. The third-order valence-corrected chi connectivity index (χ3v) is 15.9. The highest BCUT2D eigenvalue weighted by atomic mass is 32.1. The normalized spacial score (nSPS) is 15.1. The second-order valence-electron chi connectivity index (χ2n) is 20.1. The van der Waals surface area contributed by atoms with E-state index in [-0.39, 0.29) is 47.0 Å². The van der Waals surface area contributed by atoms with Crippen LogP contribution in [0, 0.1) is 0 Å². The summed E-state index contributed by atoms with van der Waals surface area (Å²) >= 11 is 2.65. The van der Waals surface area contributed by atoms with Gasteiger partial charge in [-0.05, 0) is 54.9 Å². The molecule has 0 spiro atoms. The van der Waals surface area contributed by atoms with Crippen LogP contribution in [0.3, 0.4) is 0 Å². The number of amides is 4. The lowest BCUT2D eigenvalue weighted by Crippen LogP contribution is -2.49. The zero-order valence-corrected chi connectivity index (χ0v) is 46.1. The molecule has 0 aliphatic carbocycles. The zero-order chi connectivity index (χ0) is 55.6. The Labute approximate surface area is 470 Å². The number of unbranched alkanes of at least 4 members (excludes halogenated alkanes) is 4. The van der Waals surface area contributed by atoms with Gasteiger partial charge in [-0.3, -0.25) is 38.6 Å². The van der Waals surface area contributed by atoms with Gasteiger partial charge in [-0.1, -0.05) is 123 Å². The Morgan fingerprint density at radius 2 is 1.51 bits per heavy atom. The molecule has 0 saturated carbocycles. The molecule has 19 nitrogen and oxygen atoms in total. The summed E-state index contributed by atoms with van der Waals surface area (Å²) in [6.45, 7) is 3.83. The van der Waals surface area contributed by atoms with Gasteiger partial charge in [0, 0.05) is 85.3 Å². The molecule has 21 heteroatoms. The Hall–Kier alpha value is -8.53. The fourth-order valence-corrected chi connectivity index (χ4v) is 11.1. The van der Waals surface area contributed by atoms with E-state index in [9.17, 15) is 29.1 Å². The van der Waals surface area contributed by atoms with E-state index in [4.69, 9.17) is 4.98 Å². The van der Waals surface area contributed by atoms with E-state index in [2.05, 4.69) is 41.3 Å². The summed E-state index contributed by atoms with van der Waals surface area (Å²) < 4.78 is 3.06. The Morgan fingerprint density at radius 3 is 2.25 bits per heavy atom. The number of nitrogens with one attached hydrogen (secondary N) is 3. The van der Waals surface area contributed by atoms with E-state index < -0.39 is 11.5 Å². The molecule has 1 saturated heterocycles. The number of fused-ring (bicyclic) bond motifs is 1. The maximum absolute atomic E-state index is 13.7. The Kier molecular flexibility index (Phi) is 17.2. The summed E-state index contributed by atoms with van der Waals surface area (Å²) in [7, 11) is 1.77. The van der Waals surface area contributed by atoms with Crippen LogP contribution in [-0.4, -0.2) is 99.6 Å². The first kappa shape index (κ1) is 54.8. The van der Waals surface area contributed by atoms with Crippen LogP contribution in [0.2, 0.25) is 0 Å². The van der Waals surface area contributed by atoms with E-state index in [1.54, 1.807) is 35.0 Å². The topological polar surface area (TPSA) is 234 Å². The van der Waals surface area contributed by atoms with Gasteiger partial charge in [0.15, 0.2) is 11.2 Å². The van der Waals surface area contributed by atoms with Gasteiger partial charge in [-0.2, -0.15) is 20.3 Å². The van der Waals surface area contributed by atoms with Gasteiger partial charge in [0.25, 0.3) is 11.5 Å². The van der Waals surface area contributed by atoms with E-state index >= 15 is 0 Å². The van der Waals surface area contributed by atoms with E-state index in [1.807, 2.05) is 115 Å². The highest BCUT2D eigenvalue weighted by Crippen LogP contribution is 2.32. The molecule has 4 aromatic carbocycles. The van der Waals surface area contributed by atoms with Crippen LogP contribution in [0.1, 0.15) is 97.7 Å². The molecule has 0 unspecified atom stereocenters. The van der Waals surface area contributed by atoms with Crippen LogP contribution in [0.5, 0.6) is 0 Å². The van der Waals surface area contributed by atoms with Crippen LogP contribution in [0.4, 0.5) is 10.3 Å². The molecule has 1 fully saturated rings. The Morgan fingerprint density at radius 1 is 0.800 bits per heavy atom. The lowest BCUT2D eigenvalue weighted by atomic mass is 9.90. The minimum Gasteiger partial charge on any atom is -0.388 e. The summed E-state index contributed by atoms with van der Waals surface area (Å²) in [6, 6.07) is 34.2. The number of nitrogens with zero attached hydrogens (tertiary/aromatic N) is 10. The number of aromatic nitrogens is 6. The molecule has 1 atom stereocenters. The number of hydrogen-bond acceptors (Lipinski definition) is 15. The molecule has 8 aromatic rings. The van der Waals surface area contributed by atoms with Gasteiger partial charge >= 0.3 is 5.91 Å². The number of aryl methyl sites for hydroxylation is 1. The zero-order valence-electron chi connectivity index (χ0n) is 44.5. The van der Waals surface area contributed by atoms with E-state index in [1.165, 1.54) is 38.6 Å². The molecule has 4 N–H and O–H groups in total. The van der Waals surface area contributed by atoms with Crippen molar-refractivity contribution in [3.05, 3.63) is 165 Å². The lowest BCUT2D eigenvalue weighted by molar-refractivity contribution is -0.136. The van der Waals surface area contributed by atoms with Gasteiger partial charge in [-0.15, -0.1) is 22.7 Å². The van der Waals surface area contributed by atoms with Crippen LogP contribution in [0.25, 0.3) is 33.5 Å². The van der Waals surface area contributed by atoms with Crippen LogP contribution in [-0.2, 0) is 34.5 Å². The summed E-state index contributed by atoms with van der Waals surface area (Å²) in [4.78, 5) is 81.6. The fourth-order valence-electron chi connectivity index (χ4n) is 9.87. The average molecular weight is 1110 g/mol. The maximum Gasteiger partial charge on any atom is 0.303 e. The number of carbonyl (C=O) groups excluding carboxylic acids is 4. The molecule has 80 heavy (non-hydrogen) atoms. The average Bonchev–Trinajstić information content (AvgIpc) is 4.35. The minimum absolute atomic E-state index is 0.0217. The molecule has 410 valence electrons. The number of hydrogen-bond donors (Lipinski definition) is 4. The van der Waals surface area contributed by atoms with Crippen LogP contribution in [0.15, 0.2) is 147 Å². The van der Waals surface area contributed by atoms with Crippen molar-refractivity contribution in [2.75, 3.05) is 30.1 Å². The highest BCUT2D eigenvalue weighted by molar-refractivity contribution is 7.14. The van der Waals surface area contributed by atoms with Gasteiger partial charge in [0.05, 0.1) is 29.9 Å². The Bertz CT molecular complexity index is 3590. The number of aliphatic hydroxyl groups is 1. The molecular weight excluding hydrogens is 1050 g/mol. The standard InChI is InChI=1S/C59H61N13O6S2/c1-39(41-14-8-6-9-15-41)34-48(74)70-31-27-59(78,28-32-70)37-71-38-63-50-52(55(71)76)67-69(2)53(50)44-21-19-40(20-22-44)35-62-47(73)18-12-4-3-5-13-29-60-54(75)45-25-23-42(24-26-45)46-36-80-58(64-46)72-56(77)51(65-66-57-61-30-33-79-57)49(68-72)43-16-10-7-11-17-43/h6-11,14-17,19-26,30,33,36,38-39,78H,3-5,12-13,18,27-29,31-32,34-35,37H2,1-2H3,(H,60,75)(H,61,66)(H,62,73)/b65-51+/t39-/m1/s1. The van der Waals surface area contributed by atoms with Gasteiger partial charge < -0.3 is 20.6 Å². The number of carbonyl (C=O) groups is 4. The number of likely N-dealkylation sites (tertiary alicyclic amines) is 1. The third kappa shape index (κ3) is 13.0. The van der Waals surface area contributed by atoms with Crippen LogP contribution < -0.4 is 26.6 Å². The molecule has 2 aliphatic heterocycles. The molecular formula is C59H61N13O6S2. The van der Waals surface area contributed by atoms with E-state index in [0.29, 0.717) is 90.3 Å². The van der Waals surface area contributed by atoms with E-state index in [0.717, 1.165) is 59.9 Å². The molecule has 0 radical (unpaired) electrons. The number of rotatable bonds is 22. The predicted molar refractivity (Wildman–Crippen MR) is 312 cm³/mol. The molecule has 6 heterocycles. The predicted octanol–water partition coefficient (Wildman–Crippen LogP) is 8.53. The fraction of sp³-hybridized carbons (Fsp3) is 0.305. The number of thiazole rings is 2. The van der Waals surface area contributed by atoms with Crippen molar-refractivity contribution in [1.82, 2.24) is 44.8 Å². The SMILES string of the molecule is C[C@H](CC(=O)N1CCC(O)(Cn2cnc3c(-c4ccc(CNC(=O)CCCCCCCNC(=O)c5ccc(-c6csc(N7N=C(c8ccccc8)/C(=N\Nc8nccs8)C7=O)n6)cc5)cc4)n(C)nc3c2=O)CC1)c1ccccc1. The van der Waals surface area contributed by atoms with Crippen molar-refractivity contribution in [2.45, 2.75) is 89.3 Å². The number of anilines is 2. The van der Waals surface area contributed by atoms with Crippen LogP contribution >= 0.6 is 22.7 Å². The van der Waals surface area contributed by atoms with Crippen molar-refractivity contribution in [3.8, 4) is 22.5 Å². The number of piperidine rings is 1. The molecule has 4 amide bonds. The minimum atomic E-state index is -1.17. The first-order chi connectivity index (χ1) is 38.9. The summed E-state index contributed by atoms with van der Waals surface area (Å²) in [5, 5.41) is 37.0. The third-order valence-electron chi connectivity index (χ3n) is 14.4. The van der Waals surface area contributed by atoms with Gasteiger partial charge in [0.2, 0.25) is 22.1 Å². The first-order valence-electron chi connectivity index (χ1n) is 26.8. The molecule has 0 bridgehead atoms. The Balaban J connectivity index is 0.617. The number of benzene rings is 4. The van der Waals surface area contributed by atoms with Crippen molar-refractivity contribution in [1.29, 1.82) is 0 Å². The smallest absolute Gasteiger partial charge is 0.303 e. The second kappa shape index (κ2) is 25.1. The molecule has 10 rings (SSSR count). The van der Waals surface area contributed by atoms with Gasteiger partial charge in [0.1, 0.15) is 11.2 Å². The van der Waals surface area contributed by atoms with Gasteiger partial charge in [-0.25, -0.2) is 15.0 Å². The molecule has 2 aliphatic rings. The van der Waals surface area contributed by atoms with Crippen molar-refractivity contribution < 1.29 is 24.3 Å². The summed E-state index contributed by atoms with van der Waals surface area (Å²) in [6.07, 6.45) is 8.97. The van der Waals surface area contributed by atoms with Crippen molar-refractivity contribution in [3.63, 3.8) is 0 Å². The summed E-state index contributed by atoms with van der Waals surface area (Å²) in [5.74, 6) is -0.457. The van der Waals surface area contributed by atoms with Crippen molar-refractivity contribution in [2.24, 2.45) is 17.3 Å². The maximum atomic E-state index is 13.7. The number of hydrazone groups is 2. The lowest BCUT2D eigenvalue weighted by Gasteiger charge is -2.38. The molecule has 4 aromatic heterocycles.